The molecule has 0 spiro atoms. The zero-order valence-electron chi connectivity index (χ0n) is 30.0. The number of ketones is 2. The molecule has 0 radical (unpaired) electrons. The number of aryl methyl sites for hydroxylation is 1. The van der Waals surface area contributed by atoms with Gasteiger partial charge in [0.1, 0.15) is 22.9 Å². The minimum atomic E-state index is -0.556. The molecule has 0 N–H and O–H groups in total. The average molecular weight is 664 g/mol. The Kier molecular flexibility index (Phi) is 14.1. The molecule has 0 fully saturated rings. The van der Waals surface area contributed by atoms with Crippen LogP contribution >= 0.6 is 0 Å². The SMILES string of the molecule is CCOC(C)CN(Cc1cccc2ccccc12)C(=O)[C@H](CC(=O)CCCC(=O)CCc1ccccc1)Cc1ccc(OC(C)(C)C)cc1. The van der Waals surface area contributed by atoms with Crippen molar-refractivity contribution in [2.24, 2.45) is 5.92 Å². The molecule has 6 heteroatoms. The summed E-state index contributed by atoms with van der Waals surface area (Å²) in [5.41, 5.74) is 2.83. The molecule has 0 aromatic heterocycles. The van der Waals surface area contributed by atoms with E-state index in [1.54, 1.807) is 0 Å². The highest BCUT2D eigenvalue weighted by Crippen LogP contribution is 2.25. The normalized spacial score (nSPS) is 12.8. The Morgan fingerprint density at radius 1 is 0.755 bits per heavy atom. The Morgan fingerprint density at radius 2 is 1.43 bits per heavy atom. The van der Waals surface area contributed by atoms with E-state index in [0.29, 0.717) is 51.8 Å². The number of Topliss-reactive ketones (excluding diaryl/α,β-unsaturated/α-hetero) is 2. The van der Waals surface area contributed by atoms with Crippen LogP contribution < -0.4 is 4.74 Å². The summed E-state index contributed by atoms with van der Waals surface area (Å²) in [7, 11) is 0. The molecule has 1 unspecified atom stereocenters. The van der Waals surface area contributed by atoms with Crippen molar-refractivity contribution in [3.05, 3.63) is 114 Å². The zero-order valence-corrected chi connectivity index (χ0v) is 30.0. The molecule has 0 saturated heterocycles. The number of carbonyl (C=O) groups is 3. The van der Waals surface area contributed by atoms with Crippen LogP contribution in [0.15, 0.2) is 97.1 Å². The van der Waals surface area contributed by atoms with E-state index in [2.05, 4.69) is 24.3 Å². The van der Waals surface area contributed by atoms with Crippen molar-refractivity contribution < 1.29 is 23.9 Å². The molecule has 0 aliphatic rings. The standard InChI is InChI=1S/C43H53NO5/c1-6-48-32(2)30-44(31-36-18-12-17-35-16-10-11-21-41(35)36)42(47)37(28-34-23-26-40(27-24-34)49-43(3,4)5)29-39(46)20-13-19-38(45)25-22-33-14-8-7-9-15-33/h7-12,14-18,21,23-24,26-27,32,37H,6,13,19-20,22,25,28-31H2,1-5H3/t32?,37-/m0/s1. The molecule has 0 aliphatic heterocycles. The van der Waals surface area contributed by atoms with Gasteiger partial charge < -0.3 is 14.4 Å². The highest BCUT2D eigenvalue weighted by atomic mass is 16.5. The smallest absolute Gasteiger partial charge is 0.226 e. The van der Waals surface area contributed by atoms with E-state index in [0.717, 1.165) is 33.2 Å². The van der Waals surface area contributed by atoms with Gasteiger partial charge >= 0.3 is 0 Å². The Labute approximate surface area is 292 Å². The van der Waals surface area contributed by atoms with E-state index >= 15 is 0 Å². The second-order valence-corrected chi connectivity index (χ2v) is 14.0. The summed E-state index contributed by atoms with van der Waals surface area (Å²) in [4.78, 5) is 42.5. The molecule has 1 amide bonds. The van der Waals surface area contributed by atoms with Gasteiger partial charge in [-0.25, -0.2) is 0 Å². The number of rotatable bonds is 19. The Bertz CT molecular complexity index is 1640. The van der Waals surface area contributed by atoms with Crippen molar-refractivity contribution in [2.45, 2.75) is 97.8 Å². The number of amides is 1. The van der Waals surface area contributed by atoms with E-state index in [1.165, 1.54) is 0 Å². The summed E-state index contributed by atoms with van der Waals surface area (Å²) in [6.07, 6.45) is 2.68. The Balaban J connectivity index is 1.50. The first-order valence-corrected chi connectivity index (χ1v) is 17.7. The van der Waals surface area contributed by atoms with Crippen molar-refractivity contribution in [3.8, 4) is 5.75 Å². The molecule has 49 heavy (non-hydrogen) atoms. The average Bonchev–Trinajstić information content (AvgIpc) is 3.07. The third-order valence-corrected chi connectivity index (χ3v) is 8.58. The fourth-order valence-corrected chi connectivity index (χ4v) is 6.27. The predicted octanol–water partition coefficient (Wildman–Crippen LogP) is 8.96. The monoisotopic (exact) mass is 663 g/mol. The topological polar surface area (TPSA) is 72.9 Å². The molecule has 260 valence electrons. The lowest BCUT2D eigenvalue weighted by Gasteiger charge is -2.30. The van der Waals surface area contributed by atoms with Crippen LogP contribution in [0.4, 0.5) is 0 Å². The first kappa shape index (κ1) is 37.5. The van der Waals surface area contributed by atoms with Crippen LogP contribution in [0.2, 0.25) is 0 Å². The maximum absolute atomic E-state index is 14.6. The lowest BCUT2D eigenvalue weighted by atomic mass is 9.90. The lowest BCUT2D eigenvalue weighted by Crippen LogP contribution is -2.42. The van der Waals surface area contributed by atoms with Crippen molar-refractivity contribution in [3.63, 3.8) is 0 Å². The van der Waals surface area contributed by atoms with Crippen LogP contribution in [0, 0.1) is 5.92 Å². The fourth-order valence-electron chi connectivity index (χ4n) is 6.27. The van der Waals surface area contributed by atoms with Gasteiger partial charge in [0.05, 0.1) is 6.10 Å². The molecule has 0 aliphatic carbocycles. The largest absolute Gasteiger partial charge is 0.488 e. The van der Waals surface area contributed by atoms with Gasteiger partial charge in [-0.15, -0.1) is 0 Å². The van der Waals surface area contributed by atoms with Gasteiger partial charge in [0.15, 0.2) is 0 Å². The van der Waals surface area contributed by atoms with Crippen LogP contribution in [-0.2, 0) is 38.5 Å². The van der Waals surface area contributed by atoms with Gasteiger partial charge in [-0.2, -0.15) is 0 Å². The maximum Gasteiger partial charge on any atom is 0.226 e. The Morgan fingerprint density at radius 3 is 2.14 bits per heavy atom. The van der Waals surface area contributed by atoms with Crippen LogP contribution in [-0.4, -0.2) is 47.2 Å². The molecule has 4 aromatic rings. The molecule has 0 heterocycles. The summed E-state index contributed by atoms with van der Waals surface area (Å²) < 4.78 is 11.9. The number of ether oxygens (including phenoxy) is 2. The molecule has 0 saturated carbocycles. The van der Waals surface area contributed by atoms with E-state index in [-0.39, 0.29) is 42.0 Å². The summed E-state index contributed by atoms with van der Waals surface area (Å²) >= 11 is 0. The quantitative estimate of drug-likeness (QED) is 0.100. The molecule has 4 rings (SSSR count). The van der Waals surface area contributed by atoms with Gasteiger partial charge in [0.2, 0.25) is 5.91 Å². The van der Waals surface area contributed by atoms with E-state index in [4.69, 9.17) is 9.47 Å². The van der Waals surface area contributed by atoms with Crippen LogP contribution in [0.3, 0.4) is 0 Å². The molecule has 0 bridgehead atoms. The lowest BCUT2D eigenvalue weighted by molar-refractivity contribution is -0.140. The van der Waals surface area contributed by atoms with E-state index in [9.17, 15) is 14.4 Å². The second-order valence-electron chi connectivity index (χ2n) is 14.0. The number of hydrogen-bond donors (Lipinski definition) is 0. The summed E-state index contributed by atoms with van der Waals surface area (Å²) in [6, 6.07) is 32.2. The predicted molar refractivity (Wildman–Crippen MR) is 198 cm³/mol. The molecular weight excluding hydrogens is 610 g/mol. The van der Waals surface area contributed by atoms with Crippen molar-refractivity contribution in [1.29, 1.82) is 0 Å². The van der Waals surface area contributed by atoms with Crippen molar-refractivity contribution >= 4 is 28.2 Å². The number of carbonyl (C=O) groups excluding carboxylic acids is 3. The van der Waals surface area contributed by atoms with Crippen LogP contribution in [0.25, 0.3) is 10.8 Å². The minimum absolute atomic E-state index is 0.00450. The highest BCUT2D eigenvalue weighted by Gasteiger charge is 2.29. The van der Waals surface area contributed by atoms with Crippen molar-refractivity contribution in [2.75, 3.05) is 13.2 Å². The van der Waals surface area contributed by atoms with E-state index < -0.39 is 5.92 Å². The van der Waals surface area contributed by atoms with Gasteiger partial charge in [0, 0.05) is 51.3 Å². The maximum atomic E-state index is 14.6. The third-order valence-electron chi connectivity index (χ3n) is 8.58. The summed E-state index contributed by atoms with van der Waals surface area (Å²) in [6.45, 7) is 11.3. The van der Waals surface area contributed by atoms with Gasteiger partial charge in [-0.05, 0) is 93.5 Å². The molecule has 6 nitrogen and oxygen atoms in total. The second kappa shape index (κ2) is 18.5. The van der Waals surface area contributed by atoms with E-state index in [1.807, 2.05) is 112 Å². The van der Waals surface area contributed by atoms with Gasteiger partial charge in [0.25, 0.3) is 0 Å². The van der Waals surface area contributed by atoms with Gasteiger partial charge in [-0.1, -0.05) is 84.9 Å². The van der Waals surface area contributed by atoms with Gasteiger partial charge in [-0.3, -0.25) is 14.4 Å². The number of nitrogens with zero attached hydrogens (tertiary/aromatic N) is 1. The first-order valence-electron chi connectivity index (χ1n) is 17.7. The van der Waals surface area contributed by atoms with Crippen LogP contribution in [0.5, 0.6) is 5.75 Å². The number of fused-ring (bicyclic) bond motifs is 1. The Hall–Kier alpha value is -4.29. The molecule has 2 atom stereocenters. The highest BCUT2D eigenvalue weighted by molar-refractivity contribution is 5.89. The molecule has 4 aromatic carbocycles. The number of benzene rings is 4. The minimum Gasteiger partial charge on any atom is -0.488 e. The zero-order chi connectivity index (χ0) is 35.2. The third kappa shape index (κ3) is 12.6. The first-order chi connectivity index (χ1) is 23.5. The van der Waals surface area contributed by atoms with Crippen molar-refractivity contribution in [1.82, 2.24) is 4.90 Å². The summed E-state index contributed by atoms with van der Waals surface area (Å²) in [5.74, 6) is 0.300. The number of hydrogen-bond acceptors (Lipinski definition) is 5. The fraction of sp³-hybridized carbons (Fsp3) is 0.419. The van der Waals surface area contributed by atoms with Crippen LogP contribution in [0.1, 0.15) is 83.4 Å². The molecular formula is C43H53NO5. The summed E-state index contributed by atoms with van der Waals surface area (Å²) in [5, 5.41) is 2.22.